The number of rotatable bonds is 7. The molecule has 8 heteroatoms. The van der Waals surface area contributed by atoms with Gasteiger partial charge in [0.15, 0.2) is 0 Å². The summed E-state index contributed by atoms with van der Waals surface area (Å²) < 4.78 is 22.6. The third-order valence-corrected chi connectivity index (χ3v) is 7.05. The fourth-order valence-electron chi connectivity index (χ4n) is 3.92. The first-order valence-electron chi connectivity index (χ1n) is 10.6. The van der Waals surface area contributed by atoms with Gasteiger partial charge in [0.2, 0.25) is 15.9 Å². The molecule has 0 spiro atoms. The van der Waals surface area contributed by atoms with Crippen LogP contribution in [0.2, 0.25) is 0 Å². The summed E-state index contributed by atoms with van der Waals surface area (Å²) >= 11 is 0. The van der Waals surface area contributed by atoms with Crippen LogP contribution in [0.25, 0.3) is 0 Å². The molecule has 1 aliphatic heterocycles. The van der Waals surface area contributed by atoms with Crippen LogP contribution in [0.5, 0.6) is 0 Å². The molecule has 2 aromatic carbocycles. The van der Waals surface area contributed by atoms with Gasteiger partial charge in [-0.05, 0) is 62.1 Å². The van der Waals surface area contributed by atoms with Crippen LogP contribution in [0.3, 0.4) is 0 Å². The maximum Gasteiger partial charge on any atom is 0.238 e. The number of nitrogens with zero attached hydrogens (tertiary/aromatic N) is 2. The topological polar surface area (TPSA) is 95.7 Å². The highest BCUT2D eigenvalue weighted by Crippen LogP contribution is 2.24. The van der Waals surface area contributed by atoms with E-state index in [4.69, 9.17) is 5.14 Å². The summed E-state index contributed by atoms with van der Waals surface area (Å²) in [6, 6.07) is 12.6. The molecule has 0 radical (unpaired) electrons. The monoisotopic (exact) mass is 444 g/mol. The Bertz CT molecular complexity index is 1010. The zero-order valence-electron chi connectivity index (χ0n) is 18.5. The predicted octanol–water partition coefficient (Wildman–Crippen LogP) is 1.82. The van der Waals surface area contributed by atoms with Crippen LogP contribution in [-0.4, -0.2) is 58.0 Å². The van der Waals surface area contributed by atoms with Crippen LogP contribution in [0.4, 0.5) is 5.69 Å². The quantitative estimate of drug-likeness (QED) is 0.679. The standard InChI is InChI=1S/C23H32N4O3S/c1-17-5-4-6-22(18(17)2)27-15-13-26(14-16-27)19(3)23(28)25-12-11-20-7-9-21(10-8-20)31(24,29)30/h4-10,19H,11-16H2,1-3H3,(H,25,28)(H2,24,29,30). The van der Waals surface area contributed by atoms with Crippen molar-refractivity contribution in [2.24, 2.45) is 5.14 Å². The molecule has 1 saturated heterocycles. The Morgan fingerprint density at radius 2 is 1.71 bits per heavy atom. The van der Waals surface area contributed by atoms with Crippen molar-refractivity contribution in [3.05, 3.63) is 59.2 Å². The Labute approximate surface area is 185 Å². The lowest BCUT2D eigenvalue weighted by molar-refractivity contribution is -0.125. The number of nitrogens with two attached hydrogens (primary N) is 1. The molecule has 1 amide bonds. The molecule has 1 fully saturated rings. The fraction of sp³-hybridized carbons (Fsp3) is 0.435. The maximum absolute atomic E-state index is 12.6. The second kappa shape index (κ2) is 9.80. The van der Waals surface area contributed by atoms with Crippen molar-refractivity contribution < 1.29 is 13.2 Å². The summed E-state index contributed by atoms with van der Waals surface area (Å²) in [5.74, 6) is 0.0151. The molecule has 1 atom stereocenters. The SMILES string of the molecule is Cc1cccc(N2CCN(C(C)C(=O)NCCc3ccc(S(N)(=O)=O)cc3)CC2)c1C. The summed E-state index contributed by atoms with van der Waals surface area (Å²) in [6.07, 6.45) is 0.629. The number of amides is 1. The average Bonchev–Trinajstić information content (AvgIpc) is 2.75. The maximum atomic E-state index is 12.6. The molecule has 0 saturated carbocycles. The van der Waals surface area contributed by atoms with E-state index in [1.54, 1.807) is 12.1 Å². The molecule has 7 nitrogen and oxygen atoms in total. The van der Waals surface area contributed by atoms with Crippen LogP contribution in [0.1, 0.15) is 23.6 Å². The van der Waals surface area contributed by atoms with Crippen LogP contribution >= 0.6 is 0 Å². The second-order valence-electron chi connectivity index (χ2n) is 8.15. The van der Waals surface area contributed by atoms with E-state index >= 15 is 0 Å². The molecule has 3 rings (SSSR count). The normalized spacial score (nSPS) is 16.2. The Morgan fingerprint density at radius 1 is 1.06 bits per heavy atom. The lowest BCUT2D eigenvalue weighted by atomic mass is 10.1. The molecule has 1 unspecified atom stereocenters. The van der Waals surface area contributed by atoms with Crippen molar-refractivity contribution in [2.45, 2.75) is 38.1 Å². The first-order valence-corrected chi connectivity index (χ1v) is 12.2. The number of carbonyl (C=O) groups is 1. The first kappa shape index (κ1) is 23.2. The van der Waals surface area contributed by atoms with Gasteiger partial charge in [0, 0.05) is 38.4 Å². The van der Waals surface area contributed by atoms with Gasteiger partial charge in [0.25, 0.3) is 0 Å². The number of hydrogen-bond donors (Lipinski definition) is 2. The van der Waals surface area contributed by atoms with Crippen molar-refractivity contribution in [1.29, 1.82) is 0 Å². The largest absolute Gasteiger partial charge is 0.369 e. The molecule has 1 heterocycles. The average molecular weight is 445 g/mol. The van der Waals surface area contributed by atoms with E-state index in [-0.39, 0.29) is 16.8 Å². The summed E-state index contributed by atoms with van der Waals surface area (Å²) in [4.78, 5) is 17.3. The lowest BCUT2D eigenvalue weighted by Gasteiger charge is -2.39. The van der Waals surface area contributed by atoms with E-state index in [9.17, 15) is 13.2 Å². The molecule has 0 bridgehead atoms. The summed E-state index contributed by atoms with van der Waals surface area (Å²) in [6.45, 7) is 10.2. The van der Waals surface area contributed by atoms with Gasteiger partial charge in [-0.1, -0.05) is 24.3 Å². The molecule has 0 aromatic heterocycles. The molecule has 31 heavy (non-hydrogen) atoms. The van der Waals surface area contributed by atoms with Gasteiger partial charge < -0.3 is 10.2 Å². The van der Waals surface area contributed by atoms with Crippen LogP contribution in [-0.2, 0) is 21.2 Å². The third kappa shape index (κ3) is 5.84. The van der Waals surface area contributed by atoms with Gasteiger partial charge in [-0.25, -0.2) is 13.6 Å². The molecular formula is C23H32N4O3S. The van der Waals surface area contributed by atoms with Crippen LogP contribution in [0.15, 0.2) is 47.4 Å². The van der Waals surface area contributed by atoms with Crippen LogP contribution < -0.4 is 15.4 Å². The highest BCUT2D eigenvalue weighted by molar-refractivity contribution is 7.89. The lowest BCUT2D eigenvalue weighted by Crippen LogP contribution is -2.54. The Hall–Kier alpha value is -2.42. The number of sulfonamides is 1. The number of nitrogens with one attached hydrogen (secondary N) is 1. The Morgan fingerprint density at radius 3 is 2.32 bits per heavy atom. The van der Waals surface area contributed by atoms with Crippen molar-refractivity contribution in [3.8, 4) is 0 Å². The Kier molecular flexibility index (Phi) is 7.35. The van der Waals surface area contributed by atoms with E-state index in [1.165, 1.54) is 28.9 Å². The Balaban J connectivity index is 1.46. The van der Waals surface area contributed by atoms with E-state index < -0.39 is 10.0 Å². The molecule has 3 N–H and O–H groups in total. The number of piperazine rings is 1. The predicted molar refractivity (Wildman–Crippen MR) is 124 cm³/mol. The smallest absolute Gasteiger partial charge is 0.238 e. The number of anilines is 1. The van der Waals surface area contributed by atoms with Crippen LogP contribution in [0, 0.1) is 13.8 Å². The molecule has 2 aromatic rings. The first-order chi connectivity index (χ1) is 14.7. The van der Waals surface area contributed by atoms with Gasteiger partial charge in [0.1, 0.15) is 0 Å². The summed E-state index contributed by atoms with van der Waals surface area (Å²) in [5.41, 5.74) is 4.85. The summed E-state index contributed by atoms with van der Waals surface area (Å²) in [7, 11) is -3.68. The van der Waals surface area contributed by atoms with Crippen molar-refractivity contribution in [2.75, 3.05) is 37.6 Å². The number of benzene rings is 2. The zero-order valence-corrected chi connectivity index (χ0v) is 19.3. The number of aryl methyl sites for hydroxylation is 1. The van der Waals surface area contributed by atoms with Gasteiger partial charge in [-0.2, -0.15) is 0 Å². The molecular weight excluding hydrogens is 412 g/mol. The highest BCUT2D eigenvalue weighted by Gasteiger charge is 2.26. The second-order valence-corrected chi connectivity index (χ2v) is 9.71. The van der Waals surface area contributed by atoms with Crippen molar-refractivity contribution in [3.63, 3.8) is 0 Å². The van der Waals surface area contributed by atoms with E-state index in [1.807, 2.05) is 6.92 Å². The fourth-order valence-corrected chi connectivity index (χ4v) is 4.43. The molecule has 168 valence electrons. The highest BCUT2D eigenvalue weighted by atomic mass is 32.2. The van der Waals surface area contributed by atoms with Crippen molar-refractivity contribution in [1.82, 2.24) is 10.2 Å². The van der Waals surface area contributed by atoms with Gasteiger partial charge in [-0.15, -0.1) is 0 Å². The number of carbonyl (C=O) groups excluding carboxylic acids is 1. The van der Waals surface area contributed by atoms with Gasteiger partial charge in [-0.3, -0.25) is 9.69 Å². The minimum absolute atomic E-state index is 0.0151. The van der Waals surface area contributed by atoms with E-state index in [0.29, 0.717) is 13.0 Å². The minimum Gasteiger partial charge on any atom is -0.369 e. The molecule has 0 aliphatic carbocycles. The summed E-state index contributed by atoms with van der Waals surface area (Å²) in [5, 5.41) is 8.11. The van der Waals surface area contributed by atoms with Gasteiger partial charge >= 0.3 is 0 Å². The third-order valence-electron chi connectivity index (χ3n) is 6.12. The van der Waals surface area contributed by atoms with E-state index in [0.717, 1.165) is 31.7 Å². The minimum atomic E-state index is -3.68. The van der Waals surface area contributed by atoms with Crippen molar-refractivity contribution >= 4 is 21.6 Å². The number of hydrogen-bond acceptors (Lipinski definition) is 5. The zero-order chi connectivity index (χ0) is 22.6. The number of primary sulfonamides is 1. The van der Waals surface area contributed by atoms with E-state index in [2.05, 4.69) is 47.2 Å². The molecule has 1 aliphatic rings. The van der Waals surface area contributed by atoms with Gasteiger partial charge in [0.05, 0.1) is 10.9 Å².